The number of nitrogens with one attached hydrogen (secondary N) is 1. The Labute approximate surface area is 112 Å². The number of hydrogen-bond donors (Lipinski definition) is 1. The van der Waals surface area contributed by atoms with Crippen molar-refractivity contribution in [2.24, 2.45) is 0 Å². The Morgan fingerprint density at radius 3 is 2.71 bits per heavy atom. The molecule has 0 bridgehead atoms. The fourth-order valence-electron chi connectivity index (χ4n) is 1.48. The van der Waals surface area contributed by atoms with Gasteiger partial charge in [0.1, 0.15) is 16.2 Å². The predicted octanol–water partition coefficient (Wildman–Crippen LogP) is 2.56. The molecule has 1 aromatic heterocycles. The second-order valence-electron chi connectivity index (χ2n) is 4.28. The van der Waals surface area contributed by atoms with Gasteiger partial charge in [-0.15, -0.1) is 0 Å². The summed E-state index contributed by atoms with van der Waals surface area (Å²) in [6.07, 6.45) is 3.21. The molecule has 1 aromatic rings. The lowest BCUT2D eigenvalue weighted by Crippen LogP contribution is -2.14. The molecule has 0 saturated heterocycles. The third-order valence-corrected chi connectivity index (χ3v) is 2.80. The number of anilines is 1. The van der Waals surface area contributed by atoms with Crippen LogP contribution in [0.25, 0.3) is 0 Å². The molecule has 0 aromatic carbocycles. The van der Waals surface area contributed by atoms with Crippen molar-refractivity contribution >= 4 is 21.7 Å². The number of nitrogens with zero attached hydrogens (tertiary/aromatic N) is 3. The molecule has 0 aliphatic rings. The maximum Gasteiger partial charge on any atom is 0.131 e. The molecule has 17 heavy (non-hydrogen) atoms. The Kier molecular flexibility index (Phi) is 6.44. The van der Waals surface area contributed by atoms with Gasteiger partial charge in [-0.3, -0.25) is 0 Å². The van der Waals surface area contributed by atoms with Crippen LogP contribution in [-0.2, 0) is 6.42 Å². The van der Waals surface area contributed by atoms with E-state index in [9.17, 15) is 0 Å². The molecule has 0 radical (unpaired) electrons. The van der Waals surface area contributed by atoms with Crippen LogP contribution < -0.4 is 5.32 Å². The van der Waals surface area contributed by atoms with Gasteiger partial charge in [0.2, 0.25) is 0 Å². The Balaban J connectivity index is 2.33. The molecule has 0 amide bonds. The minimum atomic E-state index is 0.847. The number of rotatable bonds is 7. The molecular formula is C12H21BrN4. The van der Waals surface area contributed by atoms with E-state index in [2.05, 4.69) is 57.1 Å². The summed E-state index contributed by atoms with van der Waals surface area (Å²) in [5, 5.41) is 3.33. The van der Waals surface area contributed by atoms with E-state index in [4.69, 9.17) is 0 Å². The van der Waals surface area contributed by atoms with Gasteiger partial charge in [-0.1, -0.05) is 6.92 Å². The standard InChI is InChI=1S/C12H21BrN4/c1-4-11-15-10(13)9-12(16-11)14-7-5-6-8-17(2)3/h9H,4-8H2,1-3H3,(H,14,15,16). The van der Waals surface area contributed by atoms with Gasteiger partial charge >= 0.3 is 0 Å². The normalized spacial score (nSPS) is 10.9. The van der Waals surface area contributed by atoms with Gasteiger partial charge in [-0.25, -0.2) is 9.97 Å². The van der Waals surface area contributed by atoms with E-state index in [1.54, 1.807) is 0 Å². The molecule has 0 unspecified atom stereocenters. The highest BCUT2D eigenvalue weighted by Gasteiger charge is 2.00. The molecule has 0 saturated carbocycles. The third-order valence-electron chi connectivity index (χ3n) is 2.40. The maximum atomic E-state index is 4.42. The summed E-state index contributed by atoms with van der Waals surface area (Å²) in [4.78, 5) is 10.9. The van der Waals surface area contributed by atoms with Gasteiger partial charge in [-0.05, 0) is 49.4 Å². The van der Waals surface area contributed by atoms with Crippen molar-refractivity contribution in [1.29, 1.82) is 0 Å². The number of halogens is 1. The molecule has 1 heterocycles. The fraction of sp³-hybridized carbons (Fsp3) is 0.667. The van der Waals surface area contributed by atoms with Gasteiger partial charge in [0.05, 0.1) is 0 Å². The highest BCUT2D eigenvalue weighted by atomic mass is 79.9. The molecule has 1 rings (SSSR count). The maximum absolute atomic E-state index is 4.42. The van der Waals surface area contributed by atoms with Crippen molar-refractivity contribution in [2.75, 3.05) is 32.5 Å². The van der Waals surface area contributed by atoms with Gasteiger partial charge in [0, 0.05) is 19.0 Å². The van der Waals surface area contributed by atoms with E-state index in [-0.39, 0.29) is 0 Å². The highest BCUT2D eigenvalue weighted by molar-refractivity contribution is 9.10. The quantitative estimate of drug-likeness (QED) is 0.621. The molecule has 4 nitrogen and oxygen atoms in total. The molecule has 96 valence electrons. The summed E-state index contributed by atoms with van der Waals surface area (Å²) < 4.78 is 0.847. The number of unbranched alkanes of at least 4 members (excludes halogenated alkanes) is 1. The minimum Gasteiger partial charge on any atom is -0.370 e. The van der Waals surface area contributed by atoms with Crippen LogP contribution in [0.3, 0.4) is 0 Å². The summed E-state index contributed by atoms with van der Waals surface area (Å²) in [7, 11) is 4.20. The van der Waals surface area contributed by atoms with Crippen molar-refractivity contribution < 1.29 is 0 Å². The monoisotopic (exact) mass is 300 g/mol. The first-order chi connectivity index (χ1) is 8.11. The first-order valence-electron chi connectivity index (χ1n) is 6.04. The lowest BCUT2D eigenvalue weighted by atomic mass is 10.3. The van der Waals surface area contributed by atoms with Gasteiger partial charge in [0.15, 0.2) is 0 Å². The smallest absolute Gasteiger partial charge is 0.131 e. The van der Waals surface area contributed by atoms with E-state index < -0.39 is 0 Å². The van der Waals surface area contributed by atoms with Crippen molar-refractivity contribution in [3.63, 3.8) is 0 Å². The summed E-state index contributed by atoms with van der Waals surface area (Å²) >= 11 is 3.40. The van der Waals surface area contributed by atoms with Crippen LogP contribution in [0.1, 0.15) is 25.6 Å². The SMILES string of the molecule is CCc1nc(Br)cc(NCCCCN(C)C)n1. The first kappa shape index (κ1) is 14.4. The molecule has 0 spiro atoms. The second kappa shape index (κ2) is 7.61. The van der Waals surface area contributed by atoms with Crippen LogP contribution in [-0.4, -0.2) is 42.1 Å². The summed E-state index contributed by atoms with van der Waals surface area (Å²) in [5.41, 5.74) is 0. The molecule has 0 fully saturated rings. The summed E-state index contributed by atoms with van der Waals surface area (Å²) in [6, 6.07) is 1.92. The van der Waals surface area contributed by atoms with Crippen LogP contribution in [0.15, 0.2) is 10.7 Å². The number of hydrogen-bond acceptors (Lipinski definition) is 4. The number of aryl methyl sites for hydroxylation is 1. The topological polar surface area (TPSA) is 41.1 Å². The van der Waals surface area contributed by atoms with Crippen LogP contribution in [0.4, 0.5) is 5.82 Å². The van der Waals surface area contributed by atoms with Gasteiger partial charge in [0.25, 0.3) is 0 Å². The highest BCUT2D eigenvalue weighted by Crippen LogP contribution is 2.12. The van der Waals surface area contributed by atoms with E-state index in [0.717, 1.165) is 42.2 Å². The average molecular weight is 301 g/mol. The Bertz CT molecular complexity index is 341. The number of aromatic nitrogens is 2. The van der Waals surface area contributed by atoms with E-state index in [1.807, 2.05) is 6.07 Å². The zero-order valence-electron chi connectivity index (χ0n) is 10.8. The van der Waals surface area contributed by atoms with Crippen molar-refractivity contribution in [2.45, 2.75) is 26.2 Å². The second-order valence-corrected chi connectivity index (χ2v) is 5.10. The zero-order chi connectivity index (χ0) is 12.7. The van der Waals surface area contributed by atoms with Gasteiger partial charge in [-0.2, -0.15) is 0 Å². The van der Waals surface area contributed by atoms with Crippen molar-refractivity contribution in [1.82, 2.24) is 14.9 Å². The van der Waals surface area contributed by atoms with Crippen LogP contribution in [0, 0.1) is 0 Å². The average Bonchev–Trinajstić information content (AvgIpc) is 2.27. The Morgan fingerprint density at radius 2 is 2.06 bits per heavy atom. The van der Waals surface area contributed by atoms with Crippen molar-refractivity contribution in [3.05, 3.63) is 16.5 Å². The summed E-state index contributed by atoms with van der Waals surface area (Å²) in [6.45, 7) is 4.15. The van der Waals surface area contributed by atoms with Crippen molar-refractivity contribution in [3.8, 4) is 0 Å². The predicted molar refractivity (Wildman–Crippen MR) is 75.4 cm³/mol. The zero-order valence-corrected chi connectivity index (χ0v) is 12.4. The molecule has 0 atom stereocenters. The lowest BCUT2D eigenvalue weighted by molar-refractivity contribution is 0.396. The molecule has 1 N–H and O–H groups in total. The first-order valence-corrected chi connectivity index (χ1v) is 6.83. The van der Waals surface area contributed by atoms with Crippen LogP contribution in [0.2, 0.25) is 0 Å². The van der Waals surface area contributed by atoms with Crippen LogP contribution >= 0.6 is 15.9 Å². The minimum absolute atomic E-state index is 0.847. The largest absolute Gasteiger partial charge is 0.370 e. The van der Waals surface area contributed by atoms with Gasteiger partial charge < -0.3 is 10.2 Å². The van der Waals surface area contributed by atoms with Crippen LogP contribution in [0.5, 0.6) is 0 Å². The molecule has 5 heteroatoms. The molecular weight excluding hydrogens is 280 g/mol. The Hall–Kier alpha value is -0.680. The lowest BCUT2D eigenvalue weighted by Gasteiger charge is -2.10. The Morgan fingerprint density at radius 1 is 1.29 bits per heavy atom. The summed E-state index contributed by atoms with van der Waals surface area (Å²) in [5.74, 6) is 1.78. The van der Waals surface area contributed by atoms with E-state index in [1.165, 1.54) is 6.42 Å². The molecule has 0 aliphatic carbocycles. The fourth-order valence-corrected chi connectivity index (χ4v) is 1.90. The molecule has 0 aliphatic heterocycles. The van der Waals surface area contributed by atoms with E-state index in [0.29, 0.717) is 0 Å². The third kappa shape index (κ3) is 5.98. The van der Waals surface area contributed by atoms with E-state index >= 15 is 0 Å².